The van der Waals surface area contributed by atoms with Crippen LogP contribution in [0, 0.1) is 12.3 Å². The molecule has 1 aromatic rings. The zero-order chi connectivity index (χ0) is 14.1. The standard InChI is InChI=1S/C12H22N4O2S/c1-4-13-7-10-11(9(2)15-16-10)19(17,18)14-8-12(3)5-6-12/h13-14H,4-8H2,1-3H3,(H,15,16). The van der Waals surface area contributed by atoms with Gasteiger partial charge in [-0.2, -0.15) is 5.10 Å². The van der Waals surface area contributed by atoms with Crippen molar-refractivity contribution in [3.63, 3.8) is 0 Å². The van der Waals surface area contributed by atoms with Crippen LogP contribution >= 0.6 is 0 Å². The molecule has 0 aromatic carbocycles. The maximum atomic E-state index is 12.4. The number of hydrogen-bond donors (Lipinski definition) is 3. The number of aryl methyl sites for hydroxylation is 1. The van der Waals surface area contributed by atoms with Crippen LogP contribution in [0.2, 0.25) is 0 Å². The van der Waals surface area contributed by atoms with Crippen molar-refractivity contribution in [2.75, 3.05) is 13.1 Å². The van der Waals surface area contributed by atoms with Gasteiger partial charge in [-0.05, 0) is 31.7 Å². The topological polar surface area (TPSA) is 86.9 Å². The van der Waals surface area contributed by atoms with E-state index in [1.165, 1.54) is 0 Å². The van der Waals surface area contributed by atoms with Gasteiger partial charge in [-0.25, -0.2) is 13.1 Å². The van der Waals surface area contributed by atoms with Crippen molar-refractivity contribution in [1.82, 2.24) is 20.2 Å². The van der Waals surface area contributed by atoms with E-state index >= 15 is 0 Å². The minimum atomic E-state index is -3.49. The fourth-order valence-electron chi connectivity index (χ4n) is 1.92. The van der Waals surface area contributed by atoms with E-state index in [2.05, 4.69) is 27.2 Å². The SMILES string of the molecule is CCNCc1n[nH]c(C)c1S(=O)(=O)NCC1(C)CC1. The maximum Gasteiger partial charge on any atom is 0.244 e. The Morgan fingerprint density at radius 3 is 2.68 bits per heavy atom. The van der Waals surface area contributed by atoms with E-state index < -0.39 is 10.0 Å². The summed E-state index contributed by atoms with van der Waals surface area (Å²) in [5, 5.41) is 9.93. The summed E-state index contributed by atoms with van der Waals surface area (Å²) in [6.07, 6.45) is 2.17. The molecule has 2 rings (SSSR count). The van der Waals surface area contributed by atoms with E-state index in [0.717, 1.165) is 19.4 Å². The zero-order valence-corrected chi connectivity index (χ0v) is 12.5. The monoisotopic (exact) mass is 286 g/mol. The van der Waals surface area contributed by atoms with Crippen LogP contribution in [0.1, 0.15) is 38.1 Å². The molecule has 0 spiro atoms. The fraction of sp³-hybridized carbons (Fsp3) is 0.750. The Bertz CT molecular complexity index is 546. The van der Waals surface area contributed by atoms with Crippen LogP contribution in [0.3, 0.4) is 0 Å². The number of aromatic amines is 1. The van der Waals surface area contributed by atoms with Gasteiger partial charge >= 0.3 is 0 Å². The predicted molar refractivity (Wildman–Crippen MR) is 73.2 cm³/mol. The summed E-state index contributed by atoms with van der Waals surface area (Å²) in [7, 11) is -3.49. The highest BCUT2D eigenvalue weighted by Crippen LogP contribution is 2.44. The lowest BCUT2D eigenvalue weighted by Crippen LogP contribution is -2.30. The number of nitrogens with one attached hydrogen (secondary N) is 3. The van der Waals surface area contributed by atoms with Crippen LogP contribution in [-0.4, -0.2) is 31.7 Å². The van der Waals surface area contributed by atoms with Crippen LogP contribution in [-0.2, 0) is 16.6 Å². The molecule has 1 fully saturated rings. The highest BCUT2D eigenvalue weighted by molar-refractivity contribution is 7.89. The Kier molecular flexibility index (Phi) is 3.98. The number of nitrogens with zero attached hydrogens (tertiary/aromatic N) is 1. The van der Waals surface area contributed by atoms with E-state index in [4.69, 9.17) is 0 Å². The Morgan fingerprint density at radius 2 is 2.11 bits per heavy atom. The third-order valence-electron chi connectivity index (χ3n) is 3.56. The van der Waals surface area contributed by atoms with Crippen molar-refractivity contribution in [2.45, 2.75) is 45.1 Å². The van der Waals surface area contributed by atoms with Gasteiger partial charge in [0.2, 0.25) is 10.0 Å². The largest absolute Gasteiger partial charge is 0.311 e. The molecule has 0 radical (unpaired) electrons. The van der Waals surface area contributed by atoms with Gasteiger partial charge in [-0.15, -0.1) is 0 Å². The third-order valence-corrected chi connectivity index (χ3v) is 5.17. The number of rotatable bonds is 7. The molecule has 7 heteroatoms. The molecular weight excluding hydrogens is 264 g/mol. The summed E-state index contributed by atoms with van der Waals surface area (Å²) < 4.78 is 27.5. The summed E-state index contributed by atoms with van der Waals surface area (Å²) in [5.74, 6) is 0. The summed E-state index contributed by atoms with van der Waals surface area (Å²) in [4.78, 5) is 0.290. The lowest BCUT2D eigenvalue weighted by molar-refractivity contribution is 0.529. The van der Waals surface area contributed by atoms with E-state index in [9.17, 15) is 8.42 Å². The quantitative estimate of drug-likeness (QED) is 0.695. The second-order valence-electron chi connectivity index (χ2n) is 5.54. The lowest BCUT2D eigenvalue weighted by atomic mass is 10.2. The van der Waals surface area contributed by atoms with Crippen molar-refractivity contribution < 1.29 is 8.42 Å². The fourth-order valence-corrected chi connectivity index (χ4v) is 3.48. The van der Waals surface area contributed by atoms with Gasteiger partial charge in [0, 0.05) is 13.1 Å². The zero-order valence-electron chi connectivity index (χ0n) is 11.7. The third kappa shape index (κ3) is 3.34. The first kappa shape index (κ1) is 14.5. The van der Waals surface area contributed by atoms with Crippen molar-refractivity contribution >= 4 is 10.0 Å². The molecule has 3 N–H and O–H groups in total. The Labute approximate surface area is 114 Å². The Morgan fingerprint density at radius 1 is 1.42 bits per heavy atom. The molecule has 108 valence electrons. The van der Waals surface area contributed by atoms with E-state index in [1.807, 2.05) is 6.92 Å². The number of hydrogen-bond acceptors (Lipinski definition) is 4. The predicted octanol–water partition coefficient (Wildman–Crippen LogP) is 0.906. The molecule has 0 aliphatic heterocycles. The van der Waals surface area contributed by atoms with Crippen molar-refractivity contribution in [3.05, 3.63) is 11.4 Å². The van der Waals surface area contributed by atoms with Crippen LogP contribution < -0.4 is 10.0 Å². The second kappa shape index (κ2) is 5.22. The van der Waals surface area contributed by atoms with Crippen LogP contribution in [0.4, 0.5) is 0 Å². The summed E-state index contributed by atoms with van der Waals surface area (Å²) in [6.45, 7) is 7.53. The molecule has 1 aromatic heterocycles. The molecule has 19 heavy (non-hydrogen) atoms. The van der Waals surface area contributed by atoms with Crippen LogP contribution in [0.25, 0.3) is 0 Å². The molecule has 0 unspecified atom stereocenters. The van der Waals surface area contributed by atoms with Gasteiger partial charge in [-0.3, -0.25) is 5.10 Å². The average molecular weight is 286 g/mol. The number of aromatic nitrogens is 2. The molecular formula is C12H22N4O2S. The molecule has 0 amide bonds. The molecule has 1 heterocycles. The molecule has 0 saturated heterocycles. The van der Waals surface area contributed by atoms with Crippen molar-refractivity contribution in [2.24, 2.45) is 5.41 Å². The molecule has 1 aliphatic carbocycles. The van der Waals surface area contributed by atoms with Gasteiger partial charge in [-0.1, -0.05) is 13.8 Å². The van der Waals surface area contributed by atoms with Crippen molar-refractivity contribution in [1.29, 1.82) is 0 Å². The summed E-state index contributed by atoms with van der Waals surface area (Å²) in [5.41, 5.74) is 1.28. The van der Waals surface area contributed by atoms with Crippen LogP contribution in [0.15, 0.2) is 4.90 Å². The van der Waals surface area contributed by atoms with Crippen LogP contribution in [0.5, 0.6) is 0 Å². The lowest BCUT2D eigenvalue weighted by Gasteiger charge is -2.11. The Balaban J connectivity index is 2.16. The minimum Gasteiger partial charge on any atom is -0.311 e. The summed E-state index contributed by atoms with van der Waals surface area (Å²) >= 11 is 0. The van der Waals surface area contributed by atoms with Gasteiger partial charge in [0.05, 0.1) is 11.4 Å². The first-order valence-corrected chi connectivity index (χ1v) is 8.10. The first-order chi connectivity index (χ1) is 8.88. The highest BCUT2D eigenvalue weighted by atomic mass is 32.2. The molecule has 0 atom stereocenters. The second-order valence-corrected chi connectivity index (χ2v) is 7.24. The molecule has 1 saturated carbocycles. The van der Waals surface area contributed by atoms with E-state index in [1.54, 1.807) is 6.92 Å². The minimum absolute atomic E-state index is 0.145. The van der Waals surface area contributed by atoms with Crippen molar-refractivity contribution in [3.8, 4) is 0 Å². The Hall–Kier alpha value is -0.920. The normalized spacial score (nSPS) is 17.6. The smallest absolute Gasteiger partial charge is 0.244 e. The van der Waals surface area contributed by atoms with E-state index in [-0.39, 0.29) is 10.3 Å². The molecule has 6 nitrogen and oxygen atoms in total. The molecule has 1 aliphatic rings. The van der Waals surface area contributed by atoms with E-state index in [0.29, 0.717) is 24.5 Å². The maximum absolute atomic E-state index is 12.4. The van der Waals surface area contributed by atoms with Gasteiger partial charge in [0.1, 0.15) is 4.90 Å². The van der Waals surface area contributed by atoms with Gasteiger partial charge in [0.25, 0.3) is 0 Å². The average Bonchev–Trinajstić information content (AvgIpc) is 2.96. The van der Waals surface area contributed by atoms with Gasteiger partial charge < -0.3 is 5.32 Å². The summed E-state index contributed by atoms with van der Waals surface area (Å²) in [6, 6.07) is 0. The number of H-pyrrole nitrogens is 1. The molecule has 0 bridgehead atoms. The highest BCUT2D eigenvalue weighted by Gasteiger charge is 2.38. The first-order valence-electron chi connectivity index (χ1n) is 6.62. The number of sulfonamides is 1. The van der Waals surface area contributed by atoms with Gasteiger partial charge in [0.15, 0.2) is 0 Å².